The van der Waals surface area contributed by atoms with Gasteiger partial charge in [0.25, 0.3) is 0 Å². The van der Waals surface area contributed by atoms with Crippen LogP contribution >= 0.6 is 0 Å². The Morgan fingerprint density at radius 2 is 0.625 bits per heavy atom. The van der Waals surface area contributed by atoms with Crippen molar-refractivity contribution in [3.63, 3.8) is 0 Å². The first kappa shape index (κ1) is 68.0. The van der Waals surface area contributed by atoms with Gasteiger partial charge in [0.05, 0.1) is 18.8 Å². The van der Waals surface area contributed by atoms with Crippen LogP contribution < -0.4 is 5.32 Å². The normalized spacial score (nSPS) is 14.0. The van der Waals surface area contributed by atoms with Gasteiger partial charge in [-0.1, -0.05) is 275 Å². The van der Waals surface area contributed by atoms with Crippen molar-refractivity contribution in [2.24, 2.45) is 0 Å². The van der Waals surface area contributed by atoms with Gasteiger partial charge in [0.2, 0.25) is 5.91 Å². The average Bonchev–Trinajstić information content (AvgIpc) is 3.39. The second-order valence-corrected chi connectivity index (χ2v) is 19.3. The zero-order valence-electron chi connectivity index (χ0n) is 46.6. The first-order valence-corrected chi connectivity index (χ1v) is 29.7. The molecule has 0 aliphatic rings. The van der Waals surface area contributed by atoms with Crippen LogP contribution in [0.3, 0.4) is 0 Å². The van der Waals surface area contributed by atoms with Crippen molar-refractivity contribution in [1.82, 2.24) is 5.32 Å². The highest BCUT2D eigenvalue weighted by atomic mass is 16.3. The van der Waals surface area contributed by atoms with E-state index in [0.717, 1.165) is 109 Å². The summed E-state index contributed by atoms with van der Waals surface area (Å²) in [5.41, 5.74) is 0. The fraction of sp³-hybridized carbons (Fsp3) is 0.603. The lowest BCUT2D eigenvalue weighted by atomic mass is 10.0. The maximum atomic E-state index is 12.5. The van der Waals surface area contributed by atoms with Crippen LogP contribution in [0.2, 0.25) is 0 Å². The van der Waals surface area contributed by atoms with Crippen molar-refractivity contribution in [2.75, 3.05) is 6.61 Å². The molecule has 2 unspecified atom stereocenters. The van der Waals surface area contributed by atoms with Crippen molar-refractivity contribution in [2.45, 2.75) is 257 Å². The van der Waals surface area contributed by atoms with E-state index in [0.29, 0.717) is 6.42 Å². The van der Waals surface area contributed by atoms with E-state index < -0.39 is 12.1 Å². The van der Waals surface area contributed by atoms with E-state index in [1.54, 1.807) is 6.08 Å². The average molecular weight is 991 g/mol. The molecule has 0 radical (unpaired) electrons. The van der Waals surface area contributed by atoms with Gasteiger partial charge in [0.15, 0.2) is 0 Å². The van der Waals surface area contributed by atoms with Gasteiger partial charge < -0.3 is 15.5 Å². The molecule has 72 heavy (non-hydrogen) atoms. The zero-order chi connectivity index (χ0) is 52.0. The first-order valence-electron chi connectivity index (χ1n) is 29.7. The molecule has 0 spiro atoms. The molecule has 4 nitrogen and oxygen atoms in total. The van der Waals surface area contributed by atoms with Crippen molar-refractivity contribution in [3.05, 3.63) is 158 Å². The largest absolute Gasteiger partial charge is 0.394 e. The molecule has 0 saturated carbocycles. The van der Waals surface area contributed by atoms with Crippen LogP contribution in [0, 0.1) is 0 Å². The molecule has 0 aromatic heterocycles. The predicted octanol–water partition coefficient (Wildman–Crippen LogP) is 20.1. The third kappa shape index (κ3) is 56.9. The van der Waals surface area contributed by atoms with Gasteiger partial charge >= 0.3 is 0 Å². The van der Waals surface area contributed by atoms with E-state index >= 15 is 0 Å². The van der Waals surface area contributed by atoms with Crippen molar-refractivity contribution in [3.8, 4) is 0 Å². The van der Waals surface area contributed by atoms with Gasteiger partial charge in [-0.05, 0) is 122 Å². The Kier molecular flexibility index (Phi) is 57.9. The molecule has 0 fully saturated rings. The molecule has 0 aliphatic carbocycles. The maximum absolute atomic E-state index is 12.5. The summed E-state index contributed by atoms with van der Waals surface area (Å²) in [5.74, 6) is -0.126. The number of carbonyl (C=O) groups is 1. The van der Waals surface area contributed by atoms with E-state index in [9.17, 15) is 15.0 Å². The number of rotatable bonds is 52. The molecule has 1 amide bonds. The van der Waals surface area contributed by atoms with E-state index in [1.165, 1.54) is 116 Å². The number of aliphatic hydroxyl groups excluding tert-OH is 2. The number of hydrogen-bond donors (Lipinski definition) is 3. The summed E-state index contributed by atoms with van der Waals surface area (Å²) in [6, 6.07) is -0.683. The minimum atomic E-state index is -0.903. The number of allylic oxidation sites excluding steroid dienone is 25. The van der Waals surface area contributed by atoms with Crippen molar-refractivity contribution >= 4 is 5.91 Å². The number of unbranched alkanes of at least 4 members (excludes halogenated alkanes) is 21. The smallest absolute Gasteiger partial charge is 0.220 e. The van der Waals surface area contributed by atoms with E-state index in [1.807, 2.05) is 6.08 Å². The molecule has 3 N–H and O–H groups in total. The van der Waals surface area contributed by atoms with Crippen LogP contribution in [-0.4, -0.2) is 34.9 Å². The molecule has 0 aromatic rings. The van der Waals surface area contributed by atoms with E-state index in [4.69, 9.17) is 0 Å². The Morgan fingerprint density at radius 1 is 0.347 bits per heavy atom. The topological polar surface area (TPSA) is 69.6 Å². The van der Waals surface area contributed by atoms with Crippen LogP contribution in [-0.2, 0) is 4.79 Å². The predicted molar refractivity (Wildman–Crippen MR) is 321 cm³/mol. The number of amides is 1. The fourth-order valence-electron chi connectivity index (χ4n) is 8.00. The minimum Gasteiger partial charge on any atom is -0.394 e. The summed E-state index contributed by atoms with van der Waals surface area (Å²) in [5, 5.41) is 23.1. The molecular weight excluding hydrogens is 879 g/mol. The van der Waals surface area contributed by atoms with Crippen molar-refractivity contribution < 1.29 is 15.0 Å². The number of carbonyl (C=O) groups excluding carboxylic acids is 1. The van der Waals surface area contributed by atoms with Crippen molar-refractivity contribution in [1.29, 1.82) is 0 Å². The SMILES string of the molecule is CC/C=C\C/C=C\C/C=C\C/C=C\C/C=C\C/C=C\C/C=C\C/C=C\C/C=C\C/C=C\CCCCC(=O)NC(CO)C(O)/C=C/CC/C=C/CC/C=C/CCCCCCCCCCCCCCCCCCC. The minimum absolute atomic E-state index is 0.126. The third-order valence-corrected chi connectivity index (χ3v) is 12.5. The lowest BCUT2D eigenvalue weighted by Gasteiger charge is -2.19. The Bertz CT molecular complexity index is 1540. The molecule has 2 atom stereocenters. The lowest BCUT2D eigenvalue weighted by molar-refractivity contribution is -0.123. The van der Waals surface area contributed by atoms with Crippen LogP contribution in [0.5, 0.6) is 0 Å². The number of aliphatic hydroxyl groups is 2. The van der Waals surface area contributed by atoms with Gasteiger partial charge in [0, 0.05) is 6.42 Å². The summed E-state index contributed by atoms with van der Waals surface area (Å²) >= 11 is 0. The molecule has 0 heterocycles. The quantitative estimate of drug-likeness (QED) is 0.0420. The van der Waals surface area contributed by atoms with Crippen LogP contribution in [0.1, 0.15) is 245 Å². The van der Waals surface area contributed by atoms with Crippen LogP contribution in [0.15, 0.2) is 158 Å². The van der Waals surface area contributed by atoms with Gasteiger partial charge in [-0.15, -0.1) is 0 Å². The summed E-state index contributed by atoms with van der Waals surface area (Å²) in [4.78, 5) is 12.5. The standard InChI is InChI=1S/C68H111NO3/c1-3-5-7-9-11-13-15-17-19-21-23-25-27-29-31-32-33-34-35-36-38-40-42-44-46-48-50-52-54-56-58-60-62-64-68(72)69-66(65-70)67(71)63-61-59-57-55-53-51-49-47-45-43-41-39-37-30-28-26-24-22-20-18-16-14-12-10-8-6-4-2/h5,7,11,13,17,19,23,25,29,31,33-34,36,38,42,44-45,47-48,50,53-56,61,63,66-67,70-71H,3-4,6,8-10,12,14-16,18,20-22,24,26-28,30,32,35,37,39-41,43,46,49,51-52,57-60,62,64-65H2,1-2H3,(H,69,72)/b7-5-,13-11-,19-17-,25-23-,31-29-,34-33-,38-36-,44-42-,47-45+,50-48-,55-53+,56-54-,63-61+. The monoisotopic (exact) mass is 990 g/mol. The van der Waals surface area contributed by atoms with E-state index in [2.05, 4.69) is 165 Å². The highest BCUT2D eigenvalue weighted by Crippen LogP contribution is 2.15. The van der Waals surface area contributed by atoms with Gasteiger partial charge in [-0.25, -0.2) is 0 Å². The molecule has 0 aliphatic heterocycles. The first-order chi connectivity index (χ1) is 35.7. The summed E-state index contributed by atoms with van der Waals surface area (Å²) in [7, 11) is 0. The third-order valence-electron chi connectivity index (χ3n) is 12.5. The molecule has 0 aromatic carbocycles. The van der Waals surface area contributed by atoms with E-state index in [-0.39, 0.29) is 12.5 Å². The summed E-state index contributed by atoms with van der Waals surface area (Å²) in [6.45, 7) is 4.16. The Balaban J connectivity index is 3.74. The molecule has 0 rings (SSSR count). The Hall–Kier alpha value is -3.99. The van der Waals surface area contributed by atoms with Gasteiger partial charge in [-0.2, -0.15) is 0 Å². The Morgan fingerprint density at radius 3 is 0.972 bits per heavy atom. The molecule has 0 bridgehead atoms. The number of nitrogens with one attached hydrogen (secondary N) is 1. The number of hydrogen-bond acceptors (Lipinski definition) is 3. The van der Waals surface area contributed by atoms with Gasteiger partial charge in [0.1, 0.15) is 0 Å². The second kappa shape index (κ2) is 61.3. The maximum Gasteiger partial charge on any atom is 0.220 e. The molecule has 4 heteroatoms. The zero-order valence-corrected chi connectivity index (χ0v) is 46.6. The molecule has 0 saturated heterocycles. The molecular formula is C68H111NO3. The fourth-order valence-corrected chi connectivity index (χ4v) is 8.00. The molecule has 406 valence electrons. The summed E-state index contributed by atoms with van der Waals surface area (Å²) in [6.07, 6.45) is 98.4. The Labute approximate surface area is 446 Å². The second-order valence-electron chi connectivity index (χ2n) is 19.3. The van der Waals surface area contributed by atoms with Crippen LogP contribution in [0.25, 0.3) is 0 Å². The highest BCUT2D eigenvalue weighted by molar-refractivity contribution is 5.76. The lowest BCUT2D eigenvalue weighted by Crippen LogP contribution is -2.45. The van der Waals surface area contributed by atoms with Crippen LogP contribution in [0.4, 0.5) is 0 Å². The highest BCUT2D eigenvalue weighted by Gasteiger charge is 2.17. The van der Waals surface area contributed by atoms with Gasteiger partial charge in [-0.3, -0.25) is 4.79 Å². The summed E-state index contributed by atoms with van der Waals surface area (Å²) < 4.78 is 0.